The van der Waals surface area contributed by atoms with Gasteiger partial charge in [0.25, 0.3) is 5.91 Å². The van der Waals surface area contributed by atoms with Crippen LogP contribution >= 0.6 is 0 Å². The quantitative estimate of drug-likeness (QED) is 0.873. The first-order valence-corrected chi connectivity index (χ1v) is 7.25. The zero-order chi connectivity index (χ0) is 15.0. The molecule has 0 spiro atoms. The van der Waals surface area contributed by atoms with Crippen molar-refractivity contribution in [3.63, 3.8) is 0 Å². The van der Waals surface area contributed by atoms with Crippen LogP contribution < -0.4 is 10.6 Å². The molecule has 0 aliphatic carbocycles. The highest BCUT2D eigenvalue weighted by Gasteiger charge is 2.26. The van der Waals surface area contributed by atoms with Crippen LogP contribution in [0.25, 0.3) is 0 Å². The van der Waals surface area contributed by atoms with Gasteiger partial charge < -0.3 is 10.6 Å². The Bertz CT molecular complexity index is 677. The number of anilines is 1. The van der Waals surface area contributed by atoms with E-state index in [0.717, 1.165) is 29.8 Å². The molecule has 1 aliphatic heterocycles. The molecular weight excluding hydrogens is 264 g/mol. The maximum atomic E-state index is 12.9. The second-order valence-corrected chi connectivity index (χ2v) is 5.56. The number of benzene rings is 1. The third-order valence-electron chi connectivity index (χ3n) is 3.99. The molecule has 5 heteroatoms. The summed E-state index contributed by atoms with van der Waals surface area (Å²) in [5.74, 6) is -0.0142. The van der Waals surface area contributed by atoms with Crippen molar-refractivity contribution in [2.75, 3.05) is 11.4 Å². The summed E-state index contributed by atoms with van der Waals surface area (Å²) in [6.07, 6.45) is 1.80. The van der Waals surface area contributed by atoms with Gasteiger partial charge in [-0.15, -0.1) is 0 Å². The fraction of sp³-hybridized carbons (Fsp3) is 0.375. The average Bonchev–Trinajstić information content (AvgIpc) is 2.71. The van der Waals surface area contributed by atoms with Gasteiger partial charge in [0.1, 0.15) is 5.69 Å². The second-order valence-electron chi connectivity index (χ2n) is 5.56. The number of nitrogens with zero attached hydrogens (tertiary/aromatic N) is 3. The molecule has 0 radical (unpaired) electrons. The zero-order valence-corrected chi connectivity index (χ0v) is 12.4. The van der Waals surface area contributed by atoms with Crippen LogP contribution in [0, 0.1) is 6.92 Å². The molecule has 1 aromatic heterocycles. The third-order valence-corrected chi connectivity index (χ3v) is 3.99. The number of hydrogen-bond acceptors (Lipinski definition) is 3. The summed E-state index contributed by atoms with van der Waals surface area (Å²) >= 11 is 0. The fourth-order valence-corrected chi connectivity index (χ4v) is 2.95. The molecule has 0 saturated heterocycles. The van der Waals surface area contributed by atoms with Crippen LogP contribution in [0.2, 0.25) is 0 Å². The highest BCUT2D eigenvalue weighted by atomic mass is 16.2. The first kappa shape index (κ1) is 13.8. The van der Waals surface area contributed by atoms with E-state index in [9.17, 15) is 4.79 Å². The summed E-state index contributed by atoms with van der Waals surface area (Å²) in [5.41, 5.74) is 9.65. The standard InChI is InChI=1S/C16H20N4O/c1-11-10-15(19(2)18-11)16(21)20-9-5-7-13(17)12-6-3-4-8-14(12)20/h3-4,6,8,10,13H,5,7,9,17H2,1-2H3. The topological polar surface area (TPSA) is 64.2 Å². The minimum absolute atomic E-state index is 0.00715. The number of amides is 1. The average molecular weight is 284 g/mol. The van der Waals surface area contributed by atoms with Gasteiger partial charge in [0.15, 0.2) is 0 Å². The molecule has 1 unspecified atom stereocenters. The van der Waals surface area contributed by atoms with Gasteiger partial charge in [-0.1, -0.05) is 18.2 Å². The van der Waals surface area contributed by atoms with Gasteiger partial charge in [-0.25, -0.2) is 0 Å². The van der Waals surface area contributed by atoms with Crippen molar-refractivity contribution >= 4 is 11.6 Å². The maximum Gasteiger partial charge on any atom is 0.276 e. The summed E-state index contributed by atoms with van der Waals surface area (Å²) < 4.78 is 1.64. The Labute approximate surface area is 124 Å². The van der Waals surface area contributed by atoms with Crippen molar-refractivity contribution in [2.24, 2.45) is 12.8 Å². The second kappa shape index (κ2) is 5.33. The Hall–Kier alpha value is -2.14. The molecule has 5 nitrogen and oxygen atoms in total. The molecule has 0 saturated carbocycles. The Balaban J connectivity index is 2.04. The lowest BCUT2D eigenvalue weighted by atomic mass is 10.0. The van der Waals surface area contributed by atoms with E-state index in [2.05, 4.69) is 5.10 Å². The van der Waals surface area contributed by atoms with Crippen molar-refractivity contribution in [2.45, 2.75) is 25.8 Å². The maximum absolute atomic E-state index is 12.9. The van der Waals surface area contributed by atoms with Gasteiger partial charge in [-0.3, -0.25) is 9.48 Å². The molecular formula is C16H20N4O. The van der Waals surface area contributed by atoms with Gasteiger partial charge >= 0.3 is 0 Å². The van der Waals surface area contributed by atoms with Crippen LogP contribution in [-0.4, -0.2) is 22.2 Å². The van der Waals surface area contributed by atoms with Gasteiger partial charge in [-0.05, 0) is 37.5 Å². The molecule has 2 heterocycles. The summed E-state index contributed by atoms with van der Waals surface area (Å²) in [7, 11) is 1.80. The SMILES string of the molecule is Cc1cc(C(=O)N2CCCC(N)c3ccccc32)n(C)n1. The van der Waals surface area contributed by atoms with E-state index >= 15 is 0 Å². The molecule has 1 aliphatic rings. The number of carbonyl (C=O) groups is 1. The van der Waals surface area contributed by atoms with Crippen LogP contribution in [-0.2, 0) is 7.05 Å². The van der Waals surface area contributed by atoms with Crippen molar-refractivity contribution in [3.8, 4) is 0 Å². The van der Waals surface area contributed by atoms with E-state index in [4.69, 9.17) is 5.73 Å². The van der Waals surface area contributed by atoms with Crippen molar-refractivity contribution in [3.05, 3.63) is 47.3 Å². The highest BCUT2D eigenvalue weighted by Crippen LogP contribution is 2.32. The minimum atomic E-state index is -0.0142. The van der Waals surface area contributed by atoms with E-state index in [1.54, 1.807) is 11.7 Å². The Morgan fingerprint density at radius 2 is 2.14 bits per heavy atom. The van der Waals surface area contributed by atoms with Gasteiger partial charge in [0, 0.05) is 25.3 Å². The number of rotatable bonds is 1. The first-order chi connectivity index (χ1) is 10.1. The predicted molar refractivity (Wildman–Crippen MR) is 82.2 cm³/mol. The van der Waals surface area contributed by atoms with Crippen LogP contribution in [0.15, 0.2) is 30.3 Å². The summed E-state index contributed by atoms with van der Waals surface area (Å²) in [6.45, 7) is 2.58. The fourth-order valence-electron chi connectivity index (χ4n) is 2.95. The van der Waals surface area contributed by atoms with Crippen LogP contribution in [0.4, 0.5) is 5.69 Å². The summed E-state index contributed by atoms with van der Waals surface area (Å²) in [6, 6.07) is 9.73. The van der Waals surface area contributed by atoms with Crippen molar-refractivity contribution in [1.82, 2.24) is 9.78 Å². The molecule has 1 aromatic carbocycles. The van der Waals surface area contributed by atoms with E-state index < -0.39 is 0 Å². The minimum Gasteiger partial charge on any atom is -0.324 e. The van der Waals surface area contributed by atoms with Crippen LogP contribution in [0.3, 0.4) is 0 Å². The third kappa shape index (κ3) is 2.45. The van der Waals surface area contributed by atoms with Crippen LogP contribution in [0.5, 0.6) is 0 Å². The summed E-state index contributed by atoms with van der Waals surface area (Å²) in [4.78, 5) is 14.7. The summed E-state index contributed by atoms with van der Waals surface area (Å²) in [5, 5.41) is 4.27. The molecule has 0 bridgehead atoms. The van der Waals surface area contributed by atoms with Crippen molar-refractivity contribution in [1.29, 1.82) is 0 Å². The molecule has 0 fully saturated rings. The Kier molecular flexibility index (Phi) is 3.51. The molecule has 2 aromatic rings. The normalized spacial score (nSPS) is 18.2. The lowest BCUT2D eigenvalue weighted by molar-refractivity contribution is 0.0978. The smallest absolute Gasteiger partial charge is 0.276 e. The Morgan fingerprint density at radius 3 is 2.86 bits per heavy atom. The van der Waals surface area contributed by atoms with E-state index in [1.807, 2.05) is 42.2 Å². The van der Waals surface area contributed by atoms with Gasteiger partial charge in [0.05, 0.1) is 5.69 Å². The van der Waals surface area contributed by atoms with E-state index in [-0.39, 0.29) is 11.9 Å². The molecule has 1 amide bonds. The number of hydrogen-bond donors (Lipinski definition) is 1. The lowest BCUT2D eigenvalue weighted by Gasteiger charge is -2.23. The molecule has 21 heavy (non-hydrogen) atoms. The monoisotopic (exact) mass is 284 g/mol. The number of para-hydroxylation sites is 1. The number of aromatic nitrogens is 2. The number of fused-ring (bicyclic) bond motifs is 1. The number of carbonyl (C=O) groups excluding carboxylic acids is 1. The largest absolute Gasteiger partial charge is 0.324 e. The van der Waals surface area contributed by atoms with Crippen molar-refractivity contribution < 1.29 is 4.79 Å². The van der Waals surface area contributed by atoms with Crippen LogP contribution in [0.1, 0.15) is 40.6 Å². The molecule has 2 N–H and O–H groups in total. The molecule has 3 rings (SSSR count). The Morgan fingerprint density at radius 1 is 1.38 bits per heavy atom. The van der Waals surface area contributed by atoms with Gasteiger partial charge in [-0.2, -0.15) is 5.10 Å². The molecule has 110 valence electrons. The lowest BCUT2D eigenvalue weighted by Crippen LogP contribution is -2.33. The predicted octanol–water partition coefficient (Wildman–Crippen LogP) is 2.17. The van der Waals surface area contributed by atoms with E-state index in [0.29, 0.717) is 12.2 Å². The number of aryl methyl sites for hydroxylation is 2. The van der Waals surface area contributed by atoms with Gasteiger partial charge in [0.2, 0.25) is 0 Å². The molecule has 1 atom stereocenters. The zero-order valence-electron chi connectivity index (χ0n) is 12.4. The number of nitrogens with two attached hydrogens (primary N) is 1. The first-order valence-electron chi connectivity index (χ1n) is 7.25. The highest BCUT2D eigenvalue weighted by molar-refractivity contribution is 6.05. The van der Waals surface area contributed by atoms with E-state index in [1.165, 1.54) is 0 Å².